The molecule has 0 aliphatic heterocycles. The number of aromatic nitrogens is 2. The molecule has 3 aromatic rings. The van der Waals surface area contributed by atoms with Crippen molar-refractivity contribution in [2.24, 2.45) is 0 Å². The number of hydrogen-bond donors (Lipinski definition) is 0. The van der Waals surface area contributed by atoms with E-state index < -0.39 is 25.7 Å². The molecule has 1 heterocycles. The summed E-state index contributed by atoms with van der Waals surface area (Å²) in [5, 5.41) is 0. The molecule has 0 aliphatic rings. The van der Waals surface area contributed by atoms with Crippen LogP contribution in [0.2, 0.25) is 0 Å². The highest BCUT2D eigenvalue weighted by atomic mass is 19.3. The Bertz CT molecular complexity index is 1030. The Kier molecular flexibility index (Phi) is 6.43. The van der Waals surface area contributed by atoms with Gasteiger partial charge >= 0.3 is 12.5 Å². The molecule has 2 aromatic carbocycles. The summed E-state index contributed by atoms with van der Waals surface area (Å²) >= 11 is 0. The fraction of sp³-hybridized carbons (Fsp3) is 0.238. The highest BCUT2D eigenvalue weighted by Crippen LogP contribution is 2.28. The molecule has 0 radical (unpaired) electrons. The molecule has 3 rings (SSSR count). The van der Waals surface area contributed by atoms with Crippen molar-refractivity contribution in [3.63, 3.8) is 0 Å². The van der Waals surface area contributed by atoms with Crippen LogP contribution in [-0.4, -0.2) is 29.2 Å². The Morgan fingerprint density at radius 2 is 2.00 bits per heavy atom. The van der Waals surface area contributed by atoms with Gasteiger partial charge in [0.25, 0.3) is 0 Å². The number of imidazole rings is 1. The molecule has 0 bridgehead atoms. The molecule has 1 aromatic heterocycles. The molecular formula is C21H20F2N2O4. The van der Waals surface area contributed by atoms with Crippen molar-refractivity contribution in [2.75, 3.05) is 13.7 Å². The average Bonchev–Trinajstić information content (AvgIpc) is 3.10. The second-order valence-electron chi connectivity index (χ2n) is 6.02. The van der Waals surface area contributed by atoms with Crippen LogP contribution in [-0.2, 0) is 16.1 Å². The van der Waals surface area contributed by atoms with Crippen LogP contribution in [0.3, 0.4) is 0 Å². The first-order chi connectivity index (χ1) is 14.0. The third-order valence-corrected chi connectivity index (χ3v) is 4.12. The molecule has 0 aliphatic carbocycles. The van der Waals surface area contributed by atoms with Crippen molar-refractivity contribution in [3.05, 3.63) is 59.9 Å². The summed E-state index contributed by atoms with van der Waals surface area (Å²) in [7, 11) is 1.49. The number of nitrogens with zero attached hydrogens (tertiary/aromatic N) is 2. The largest absolute Gasteiger partial charge is 0.493 e. The molecule has 0 saturated carbocycles. The zero-order chi connectivity index (χ0) is 20.8. The Morgan fingerprint density at radius 3 is 2.72 bits per heavy atom. The van der Waals surface area contributed by atoms with Gasteiger partial charge in [-0.05, 0) is 36.8 Å². The maximum atomic E-state index is 13.4. The second kappa shape index (κ2) is 9.18. The van der Waals surface area contributed by atoms with E-state index in [0.29, 0.717) is 17.0 Å². The van der Waals surface area contributed by atoms with Crippen molar-refractivity contribution in [3.8, 4) is 11.5 Å². The molecule has 0 N–H and O–H groups in total. The van der Waals surface area contributed by atoms with E-state index in [9.17, 15) is 13.6 Å². The zero-order valence-corrected chi connectivity index (χ0v) is 16.0. The predicted molar refractivity (Wildman–Crippen MR) is 104 cm³/mol. The highest BCUT2D eigenvalue weighted by Gasteiger charge is 2.19. The number of fused-ring (bicyclic) bond motifs is 1. The van der Waals surface area contributed by atoms with Gasteiger partial charge in [-0.2, -0.15) is 8.78 Å². The minimum atomic E-state index is -2.80. The van der Waals surface area contributed by atoms with E-state index in [1.54, 1.807) is 30.3 Å². The fourth-order valence-electron chi connectivity index (χ4n) is 2.84. The third-order valence-electron chi connectivity index (χ3n) is 4.12. The number of carbonyl (C=O) groups is 1. The van der Waals surface area contributed by atoms with E-state index in [0.717, 1.165) is 10.1 Å². The molecular weight excluding hydrogens is 382 g/mol. The summed E-state index contributed by atoms with van der Waals surface area (Å²) in [6, 6.07) is 11.8. The van der Waals surface area contributed by atoms with Crippen LogP contribution in [0.1, 0.15) is 24.9 Å². The lowest BCUT2D eigenvalue weighted by atomic mass is 10.2. The Morgan fingerprint density at radius 1 is 1.21 bits per heavy atom. The minimum Gasteiger partial charge on any atom is -0.493 e. The Balaban J connectivity index is 1.64. The van der Waals surface area contributed by atoms with E-state index in [2.05, 4.69) is 4.98 Å². The van der Waals surface area contributed by atoms with Gasteiger partial charge in [0.1, 0.15) is 6.61 Å². The lowest BCUT2D eigenvalue weighted by Crippen LogP contribution is -2.17. The number of rotatable bonds is 8. The van der Waals surface area contributed by atoms with Crippen LogP contribution in [0.4, 0.5) is 8.78 Å². The lowest BCUT2D eigenvalue weighted by molar-refractivity contribution is -0.147. The number of esters is 1. The van der Waals surface area contributed by atoms with Crippen LogP contribution < -0.4 is 9.47 Å². The summed E-state index contributed by atoms with van der Waals surface area (Å²) < 4.78 is 43.3. The van der Waals surface area contributed by atoms with E-state index in [1.165, 1.54) is 13.2 Å². The molecule has 0 saturated heterocycles. The lowest BCUT2D eigenvalue weighted by Gasteiger charge is -2.12. The SMILES string of the molecule is C/C=C/c1ccc(OCC(=O)OCc2nc3ccccc3n2C(F)F)c(OC)c1. The predicted octanol–water partition coefficient (Wildman–Crippen LogP) is 4.60. The molecule has 0 amide bonds. The molecule has 0 fully saturated rings. The fourth-order valence-corrected chi connectivity index (χ4v) is 2.84. The molecule has 6 nitrogen and oxygen atoms in total. The number of carbonyl (C=O) groups excluding carboxylic acids is 1. The number of benzene rings is 2. The number of methoxy groups -OCH3 is 1. The first kappa shape index (κ1) is 20.3. The Hall–Kier alpha value is -3.42. The van der Waals surface area contributed by atoms with Gasteiger partial charge in [0.2, 0.25) is 0 Å². The standard InChI is InChI=1S/C21H20F2N2O4/c1-3-6-14-9-10-17(18(11-14)27-2)28-13-20(26)29-12-19-24-15-7-4-5-8-16(15)25(19)21(22)23/h3-11,21H,12-13H2,1-2H3/b6-3+. The summed E-state index contributed by atoms with van der Waals surface area (Å²) in [4.78, 5) is 16.1. The van der Waals surface area contributed by atoms with Crippen molar-refractivity contribution < 1.29 is 27.8 Å². The number of halogens is 2. The van der Waals surface area contributed by atoms with Gasteiger partial charge in [-0.3, -0.25) is 4.57 Å². The molecule has 152 valence electrons. The zero-order valence-electron chi connectivity index (χ0n) is 16.0. The van der Waals surface area contributed by atoms with Crippen molar-refractivity contribution in [1.29, 1.82) is 0 Å². The third kappa shape index (κ3) is 4.71. The van der Waals surface area contributed by atoms with Gasteiger partial charge in [0.05, 0.1) is 18.1 Å². The summed E-state index contributed by atoms with van der Waals surface area (Å²) in [5.41, 5.74) is 1.60. The maximum absolute atomic E-state index is 13.4. The summed E-state index contributed by atoms with van der Waals surface area (Å²) in [6.07, 6.45) is 3.79. The Labute approximate surface area is 166 Å². The number of alkyl halides is 2. The van der Waals surface area contributed by atoms with Crippen molar-refractivity contribution >= 4 is 23.1 Å². The number of hydrogen-bond acceptors (Lipinski definition) is 5. The minimum absolute atomic E-state index is 0.0390. The average molecular weight is 402 g/mol. The normalized spacial score (nSPS) is 11.3. The topological polar surface area (TPSA) is 62.6 Å². The van der Waals surface area contributed by atoms with Gasteiger partial charge in [-0.1, -0.05) is 30.4 Å². The monoisotopic (exact) mass is 402 g/mol. The van der Waals surface area contributed by atoms with Crippen LogP contribution in [0.25, 0.3) is 17.1 Å². The number of para-hydroxylation sites is 2. The molecule has 29 heavy (non-hydrogen) atoms. The molecule has 0 atom stereocenters. The van der Waals surface area contributed by atoms with E-state index in [4.69, 9.17) is 14.2 Å². The molecule has 0 unspecified atom stereocenters. The first-order valence-corrected chi connectivity index (χ1v) is 8.86. The quantitative estimate of drug-likeness (QED) is 0.516. The van der Waals surface area contributed by atoms with Gasteiger partial charge in [-0.15, -0.1) is 0 Å². The molecule has 8 heteroatoms. The summed E-state index contributed by atoms with van der Waals surface area (Å²) in [5.74, 6) is 0.0886. The first-order valence-electron chi connectivity index (χ1n) is 8.86. The smallest absolute Gasteiger partial charge is 0.344 e. The van der Waals surface area contributed by atoms with Crippen molar-refractivity contribution in [1.82, 2.24) is 9.55 Å². The number of ether oxygens (including phenoxy) is 3. The molecule has 0 spiro atoms. The van der Waals surface area contributed by atoms with Crippen LogP contribution in [0.15, 0.2) is 48.5 Å². The van der Waals surface area contributed by atoms with Gasteiger partial charge < -0.3 is 14.2 Å². The maximum Gasteiger partial charge on any atom is 0.344 e. The second-order valence-corrected chi connectivity index (χ2v) is 6.02. The van der Waals surface area contributed by atoms with Crippen LogP contribution in [0.5, 0.6) is 11.5 Å². The van der Waals surface area contributed by atoms with Crippen LogP contribution in [0, 0.1) is 0 Å². The van der Waals surface area contributed by atoms with Gasteiger partial charge in [-0.25, -0.2) is 9.78 Å². The van der Waals surface area contributed by atoms with E-state index in [1.807, 2.05) is 25.1 Å². The number of allylic oxidation sites excluding steroid dienone is 1. The van der Waals surface area contributed by atoms with Crippen LogP contribution >= 0.6 is 0 Å². The van der Waals surface area contributed by atoms with E-state index >= 15 is 0 Å². The van der Waals surface area contributed by atoms with Crippen molar-refractivity contribution in [2.45, 2.75) is 20.1 Å². The summed E-state index contributed by atoms with van der Waals surface area (Å²) in [6.45, 7) is -1.69. The highest BCUT2D eigenvalue weighted by molar-refractivity contribution is 5.76. The van der Waals surface area contributed by atoms with Gasteiger partial charge in [0.15, 0.2) is 23.9 Å². The van der Waals surface area contributed by atoms with E-state index in [-0.39, 0.29) is 11.3 Å². The van der Waals surface area contributed by atoms with Gasteiger partial charge in [0, 0.05) is 0 Å².